The van der Waals surface area contributed by atoms with Crippen molar-refractivity contribution < 1.29 is 19.4 Å². The first-order chi connectivity index (χ1) is 16.8. The molecule has 35 heavy (non-hydrogen) atoms. The Labute approximate surface area is 205 Å². The molecular formula is C24H23ClN6O4. The van der Waals surface area contributed by atoms with Gasteiger partial charge in [-0.3, -0.25) is 9.59 Å². The summed E-state index contributed by atoms with van der Waals surface area (Å²) < 4.78 is 6.80. The fraction of sp³-hybridized carbons (Fsp3) is 0.208. The van der Waals surface area contributed by atoms with Crippen molar-refractivity contribution in [2.45, 2.75) is 19.4 Å². The number of aliphatic hydroxyl groups excluding tert-OH is 1. The zero-order valence-electron chi connectivity index (χ0n) is 19.0. The van der Waals surface area contributed by atoms with Crippen LogP contribution in [0.4, 0.5) is 5.82 Å². The van der Waals surface area contributed by atoms with Crippen LogP contribution in [-0.4, -0.2) is 50.2 Å². The number of hydrogen-bond acceptors (Lipinski definition) is 7. The number of benzene rings is 1. The Morgan fingerprint density at radius 3 is 2.69 bits per heavy atom. The summed E-state index contributed by atoms with van der Waals surface area (Å²) in [7, 11) is 1.43. The molecule has 10 nitrogen and oxygen atoms in total. The third-order valence-electron chi connectivity index (χ3n) is 5.17. The number of amides is 2. The molecule has 1 aromatic carbocycles. The summed E-state index contributed by atoms with van der Waals surface area (Å²) in [5.74, 6) is -0.0718. The average molecular weight is 495 g/mol. The normalized spacial score (nSPS) is 11.8. The van der Waals surface area contributed by atoms with Gasteiger partial charge < -0.3 is 20.5 Å². The van der Waals surface area contributed by atoms with Gasteiger partial charge >= 0.3 is 0 Å². The Bertz CT molecular complexity index is 1370. The lowest BCUT2D eigenvalue weighted by Crippen LogP contribution is -2.26. The molecule has 11 heteroatoms. The summed E-state index contributed by atoms with van der Waals surface area (Å²) in [5, 5.41) is 20.9. The fourth-order valence-corrected chi connectivity index (χ4v) is 3.59. The van der Waals surface area contributed by atoms with Crippen LogP contribution in [0.1, 0.15) is 35.4 Å². The molecule has 180 valence electrons. The van der Waals surface area contributed by atoms with E-state index >= 15 is 0 Å². The Kier molecular flexibility index (Phi) is 7.23. The molecule has 1 atom stereocenters. The number of anilines is 1. The molecule has 1 unspecified atom stereocenters. The van der Waals surface area contributed by atoms with Crippen LogP contribution in [0.2, 0.25) is 5.02 Å². The van der Waals surface area contributed by atoms with Gasteiger partial charge in [-0.05, 0) is 42.3 Å². The lowest BCUT2D eigenvalue weighted by atomic mass is 10.1. The first-order valence-corrected chi connectivity index (χ1v) is 11.1. The maximum Gasteiger partial charge on any atom is 0.256 e. The van der Waals surface area contributed by atoms with Gasteiger partial charge in [0.1, 0.15) is 5.56 Å². The molecule has 0 aliphatic heterocycles. The highest BCUT2D eigenvalue weighted by Crippen LogP contribution is 2.24. The number of imidazole rings is 1. The van der Waals surface area contributed by atoms with Crippen LogP contribution >= 0.6 is 11.6 Å². The van der Waals surface area contributed by atoms with E-state index in [1.165, 1.54) is 18.5 Å². The number of halogens is 1. The van der Waals surface area contributed by atoms with Crippen LogP contribution < -0.4 is 15.4 Å². The highest BCUT2D eigenvalue weighted by Gasteiger charge is 2.17. The van der Waals surface area contributed by atoms with Gasteiger partial charge in [-0.15, -0.1) is 0 Å². The Morgan fingerprint density at radius 1 is 1.20 bits per heavy atom. The van der Waals surface area contributed by atoms with Crippen LogP contribution in [0.3, 0.4) is 0 Å². The highest BCUT2D eigenvalue weighted by atomic mass is 35.5. The van der Waals surface area contributed by atoms with E-state index in [0.717, 1.165) is 0 Å². The van der Waals surface area contributed by atoms with Gasteiger partial charge in [0.05, 0.1) is 25.1 Å². The van der Waals surface area contributed by atoms with E-state index in [2.05, 4.69) is 25.7 Å². The van der Waals surface area contributed by atoms with Gasteiger partial charge in [-0.2, -0.15) is 5.10 Å². The molecule has 0 aliphatic rings. The van der Waals surface area contributed by atoms with E-state index in [0.29, 0.717) is 39.7 Å². The Balaban J connectivity index is 1.49. The van der Waals surface area contributed by atoms with Gasteiger partial charge in [0.15, 0.2) is 11.5 Å². The van der Waals surface area contributed by atoms with Crippen LogP contribution in [0, 0.1) is 0 Å². The van der Waals surface area contributed by atoms with Crippen molar-refractivity contribution in [3.8, 4) is 17.1 Å². The summed E-state index contributed by atoms with van der Waals surface area (Å²) in [6.45, 7) is 1.64. The van der Waals surface area contributed by atoms with E-state index in [-0.39, 0.29) is 23.9 Å². The van der Waals surface area contributed by atoms with Crippen LogP contribution in [0.25, 0.3) is 16.9 Å². The van der Waals surface area contributed by atoms with Crippen molar-refractivity contribution in [2.24, 2.45) is 0 Å². The number of carbonyl (C=O) groups is 2. The third kappa shape index (κ3) is 5.73. The van der Waals surface area contributed by atoms with E-state index in [4.69, 9.17) is 16.3 Å². The van der Waals surface area contributed by atoms with Crippen LogP contribution in [0.15, 0.2) is 54.9 Å². The largest absolute Gasteiger partial charge is 0.480 e. The molecule has 2 amide bonds. The zero-order valence-corrected chi connectivity index (χ0v) is 19.8. The standard InChI is InChI=1S/C24H23ClN6O4/c1-14(32)28-21-13-31-22(29-21)8-7-19(30-31)16-11-18(24(35-2)27-12-16)23(34)26-10-9-20(33)15-3-5-17(25)6-4-15/h3-8,11-13,20,33H,9-10H2,1-2H3,(H,26,34)(H,28,32). The molecule has 0 radical (unpaired) electrons. The number of hydrogen-bond donors (Lipinski definition) is 3. The third-order valence-corrected chi connectivity index (χ3v) is 5.42. The number of carbonyl (C=O) groups excluding carboxylic acids is 2. The fourth-order valence-electron chi connectivity index (χ4n) is 3.46. The van der Waals surface area contributed by atoms with Gasteiger partial charge in [0.2, 0.25) is 11.8 Å². The molecule has 0 spiro atoms. The molecule has 3 heterocycles. The number of aliphatic hydroxyl groups is 1. The second-order valence-corrected chi connectivity index (χ2v) is 8.16. The lowest BCUT2D eigenvalue weighted by molar-refractivity contribution is -0.114. The Hall–Kier alpha value is -4.02. The monoisotopic (exact) mass is 494 g/mol. The smallest absolute Gasteiger partial charge is 0.256 e. The van der Waals surface area contributed by atoms with Crippen LogP contribution in [0.5, 0.6) is 5.88 Å². The number of pyridine rings is 1. The molecular weight excluding hydrogens is 472 g/mol. The summed E-state index contributed by atoms with van der Waals surface area (Å²) in [4.78, 5) is 32.7. The minimum Gasteiger partial charge on any atom is -0.480 e. The molecule has 0 saturated carbocycles. The van der Waals surface area contributed by atoms with E-state index in [1.54, 1.807) is 54.9 Å². The van der Waals surface area contributed by atoms with Crippen molar-refractivity contribution in [1.82, 2.24) is 24.9 Å². The second-order valence-electron chi connectivity index (χ2n) is 7.72. The summed E-state index contributed by atoms with van der Waals surface area (Å²) >= 11 is 5.88. The number of ether oxygens (including phenoxy) is 1. The molecule has 0 aliphatic carbocycles. The van der Waals surface area contributed by atoms with Crippen molar-refractivity contribution in [3.63, 3.8) is 0 Å². The number of nitrogens with zero attached hydrogens (tertiary/aromatic N) is 4. The summed E-state index contributed by atoms with van der Waals surface area (Å²) in [6, 6.07) is 12.0. The van der Waals surface area contributed by atoms with Gasteiger partial charge in [0.25, 0.3) is 5.91 Å². The summed E-state index contributed by atoms with van der Waals surface area (Å²) in [6.07, 6.45) is 2.72. The average Bonchev–Trinajstić information content (AvgIpc) is 3.24. The van der Waals surface area contributed by atoms with E-state index in [9.17, 15) is 14.7 Å². The molecule has 0 fully saturated rings. The number of nitrogens with one attached hydrogen (secondary N) is 2. The zero-order chi connectivity index (χ0) is 24.9. The topological polar surface area (TPSA) is 131 Å². The summed E-state index contributed by atoms with van der Waals surface area (Å²) in [5.41, 5.74) is 2.64. The number of methoxy groups -OCH3 is 1. The lowest BCUT2D eigenvalue weighted by Gasteiger charge is -2.13. The van der Waals surface area contributed by atoms with E-state index in [1.807, 2.05) is 0 Å². The number of aromatic nitrogens is 4. The van der Waals surface area contributed by atoms with Crippen molar-refractivity contribution in [2.75, 3.05) is 19.0 Å². The molecule has 0 saturated heterocycles. The van der Waals surface area contributed by atoms with E-state index < -0.39 is 12.0 Å². The molecule has 3 N–H and O–H groups in total. The molecule has 3 aromatic heterocycles. The molecule has 4 rings (SSSR count). The number of rotatable bonds is 8. The van der Waals surface area contributed by atoms with Crippen LogP contribution in [-0.2, 0) is 4.79 Å². The SMILES string of the molecule is COc1ncc(-c2ccc3nc(NC(C)=O)cn3n2)cc1C(=O)NCCC(O)c1ccc(Cl)cc1. The first-order valence-electron chi connectivity index (χ1n) is 10.7. The maximum atomic E-state index is 12.9. The predicted octanol–water partition coefficient (Wildman–Crippen LogP) is 3.27. The van der Waals surface area contributed by atoms with Gasteiger partial charge in [0, 0.05) is 30.3 Å². The van der Waals surface area contributed by atoms with Gasteiger partial charge in [-0.25, -0.2) is 14.5 Å². The highest BCUT2D eigenvalue weighted by molar-refractivity contribution is 6.30. The van der Waals surface area contributed by atoms with Crippen molar-refractivity contribution in [3.05, 3.63) is 71.0 Å². The molecule has 4 aromatic rings. The number of fused-ring (bicyclic) bond motifs is 1. The predicted molar refractivity (Wildman–Crippen MR) is 130 cm³/mol. The second kappa shape index (κ2) is 10.5. The molecule has 0 bridgehead atoms. The minimum atomic E-state index is -0.743. The minimum absolute atomic E-state index is 0.168. The van der Waals surface area contributed by atoms with Crippen molar-refractivity contribution >= 4 is 34.9 Å². The van der Waals surface area contributed by atoms with Crippen molar-refractivity contribution in [1.29, 1.82) is 0 Å². The maximum absolute atomic E-state index is 12.9. The quantitative estimate of drug-likeness (QED) is 0.342. The first kappa shape index (κ1) is 24.1. The van der Waals surface area contributed by atoms with Gasteiger partial charge in [-0.1, -0.05) is 23.7 Å². The Morgan fingerprint density at radius 2 is 1.97 bits per heavy atom.